The van der Waals surface area contributed by atoms with Gasteiger partial charge >= 0.3 is 19.1 Å². The number of ether oxygens (including phenoxy) is 2. The Hall–Kier alpha value is -3.22. The maximum atomic E-state index is 13.6. The number of esters is 1. The van der Waals surface area contributed by atoms with Gasteiger partial charge in [-0.15, -0.1) is 6.58 Å². The zero-order valence-corrected chi connectivity index (χ0v) is 24.4. The summed E-state index contributed by atoms with van der Waals surface area (Å²) in [4.78, 5) is 38.8. The molecule has 5 rings (SSSR count). The van der Waals surface area contributed by atoms with Crippen LogP contribution in [0.5, 0.6) is 5.75 Å². The lowest BCUT2D eigenvalue weighted by atomic mass is 9.44. The minimum Gasteiger partial charge on any atom is -0.482 e. The third-order valence-electron chi connectivity index (χ3n) is 11.0. The Labute approximate surface area is 245 Å². The van der Waals surface area contributed by atoms with Gasteiger partial charge in [0.1, 0.15) is 18.0 Å². The largest absolute Gasteiger partial charge is 0.482 e. The van der Waals surface area contributed by atoms with E-state index in [1.165, 1.54) is 12.3 Å². The fourth-order valence-corrected chi connectivity index (χ4v) is 8.28. The van der Waals surface area contributed by atoms with E-state index >= 15 is 0 Å². The molecule has 2 bridgehead atoms. The number of aliphatic hydroxyl groups excluding tert-OH is 2. The second-order valence-corrected chi connectivity index (χ2v) is 13.0. The van der Waals surface area contributed by atoms with E-state index in [4.69, 9.17) is 9.47 Å². The predicted molar refractivity (Wildman–Crippen MR) is 153 cm³/mol. The molecule has 3 saturated carbocycles. The quantitative estimate of drug-likeness (QED) is 0.231. The first-order valence-electron chi connectivity index (χ1n) is 14.4. The minimum atomic E-state index is -1.54. The van der Waals surface area contributed by atoms with E-state index in [2.05, 4.69) is 18.6 Å². The van der Waals surface area contributed by atoms with Crippen molar-refractivity contribution < 1.29 is 44.2 Å². The van der Waals surface area contributed by atoms with Gasteiger partial charge in [0.25, 0.3) is 0 Å². The molecule has 1 heterocycles. The van der Waals surface area contributed by atoms with Crippen molar-refractivity contribution in [3.63, 3.8) is 0 Å². The van der Waals surface area contributed by atoms with E-state index in [1.54, 1.807) is 18.2 Å². The van der Waals surface area contributed by atoms with Gasteiger partial charge in [0.15, 0.2) is 12.4 Å². The average Bonchev–Trinajstić information content (AvgIpc) is 3.23. The van der Waals surface area contributed by atoms with Gasteiger partial charge in [-0.3, -0.25) is 4.79 Å². The van der Waals surface area contributed by atoms with Crippen LogP contribution < -0.4 is 10.2 Å². The second-order valence-electron chi connectivity index (χ2n) is 13.0. The van der Waals surface area contributed by atoms with E-state index in [1.807, 2.05) is 20.8 Å². The lowest BCUT2D eigenvalue weighted by molar-refractivity contribution is -0.207. The monoisotopic (exact) mass is 582 g/mol. The molecule has 12 heteroatoms. The van der Waals surface area contributed by atoms with Crippen molar-refractivity contribution in [1.82, 2.24) is 4.92 Å². The van der Waals surface area contributed by atoms with Crippen molar-refractivity contribution in [2.45, 2.75) is 71.7 Å². The normalized spacial score (nSPS) is 39.1. The number of ketones is 1. The van der Waals surface area contributed by atoms with Crippen LogP contribution in [0, 0.1) is 34.0 Å². The fraction of sp³-hybridized carbons (Fsp3) is 0.600. The lowest BCUT2D eigenvalue weighted by Gasteiger charge is -2.61. The van der Waals surface area contributed by atoms with E-state index in [9.17, 15) is 34.7 Å². The number of carbonyl (C=O) groups is 3. The van der Waals surface area contributed by atoms with Gasteiger partial charge in [0.05, 0.1) is 12.3 Å². The number of benzene rings is 1. The van der Waals surface area contributed by atoms with E-state index in [0.717, 1.165) is 6.42 Å². The standard InChI is InChI=1S/C30H39BN2O9/c1-6-28(4)13-22(29(5)16(2)9-10-30(17(3)26(28)37)12-21(34)24(36)25(29)30)42-23(35)15-41-19-8-7-18-14-32-33(27(38)39)31(40)20(18)11-19/h6-8,11,14,16-17,21-22,25-26,34,37,40H,1,9-10,12-13,15H2,2-5H3,(H,38,39)/t16-,17+,21+,22-,25+,26+,28-,29+,30+/m1/s1. The average molecular weight is 582 g/mol. The highest BCUT2D eigenvalue weighted by Gasteiger charge is 2.70. The Bertz CT molecular complexity index is 1340. The molecule has 0 aromatic heterocycles. The zero-order chi connectivity index (χ0) is 30.8. The molecule has 42 heavy (non-hydrogen) atoms. The molecule has 0 radical (unpaired) electrons. The summed E-state index contributed by atoms with van der Waals surface area (Å²) in [7, 11) is -1.54. The van der Waals surface area contributed by atoms with Crippen LogP contribution in [0.15, 0.2) is 36.0 Å². The van der Waals surface area contributed by atoms with Crippen LogP contribution in [0.25, 0.3) is 0 Å². The highest BCUT2D eigenvalue weighted by atomic mass is 16.6. The highest BCUT2D eigenvalue weighted by Crippen LogP contribution is 2.68. The highest BCUT2D eigenvalue weighted by molar-refractivity contribution is 6.67. The zero-order valence-electron chi connectivity index (χ0n) is 24.4. The number of rotatable bonds is 5. The summed E-state index contributed by atoms with van der Waals surface area (Å²) in [6.07, 6.45) is 0.732. The first-order valence-corrected chi connectivity index (χ1v) is 14.4. The van der Waals surface area contributed by atoms with Gasteiger partial charge in [0, 0.05) is 16.7 Å². The van der Waals surface area contributed by atoms with Crippen LogP contribution in [-0.4, -0.2) is 81.3 Å². The van der Waals surface area contributed by atoms with Gasteiger partial charge in [-0.1, -0.05) is 39.8 Å². The molecule has 0 unspecified atom stereocenters. The summed E-state index contributed by atoms with van der Waals surface area (Å²) in [5.74, 6) is -1.62. The van der Waals surface area contributed by atoms with E-state index in [-0.39, 0.29) is 41.7 Å². The van der Waals surface area contributed by atoms with Gasteiger partial charge in [-0.05, 0) is 66.1 Å². The Morgan fingerprint density at radius 1 is 1.24 bits per heavy atom. The molecule has 3 aliphatic carbocycles. The number of hydrazone groups is 1. The molecule has 4 N–H and O–H groups in total. The second kappa shape index (κ2) is 10.5. The van der Waals surface area contributed by atoms with Gasteiger partial charge in [-0.2, -0.15) is 5.10 Å². The number of carbonyl (C=O) groups excluding carboxylic acids is 2. The number of Topliss-reactive ketones (excluding diaryl/α,β-unsaturated/α-hetero) is 1. The smallest absolute Gasteiger partial charge is 0.478 e. The van der Waals surface area contributed by atoms with Gasteiger partial charge in [0.2, 0.25) is 0 Å². The summed E-state index contributed by atoms with van der Waals surface area (Å²) in [5.41, 5.74) is -1.52. The Morgan fingerprint density at radius 2 is 1.95 bits per heavy atom. The molecule has 1 amide bonds. The van der Waals surface area contributed by atoms with Crippen molar-refractivity contribution in [3.8, 4) is 5.75 Å². The molecule has 1 aromatic carbocycles. The topological polar surface area (TPSA) is 166 Å². The molecule has 4 aliphatic rings. The van der Waals surface area contributed by atoms with Crippen LogP contribution in [0.1, 0.15) is 58.9 Å². The van der Waals surface area contributed by atoms with Crippen LogP contribution >= 0.6 is 0 Å². The maximum Gasteiger partial charge on any atom is 0.478 e. The molecule has 0 spiro atoms. The first kappa shape index (κ1) is 30.2. The maximum absolute atomic E-state index is 13.6. The molecular formula is C30H39BN2O9. The van der Waals surface area contributed by atoms with Crippen LogP contribution in [0.2, 0.25) is 0 Å². The van der Waals surface area contributed by atoms with Crippen molar-refractivity contribution in [2.24, 2.45) is 39.1 Å². The Kier molecular flexibility index (Phi) is 7.56. The summed E-state index contributed by atoms with van der Waals surface area (Å²) in [6.45, 7) is 11.4. The fourth-order valence-electron chi connectivity index (χ4n) is 8.28. The number of nitrogens with zero attached hydrogens (tertiary/aromatic N) is 2. The van der Waals surface area contributed by atoms with E-state index in [0.29, 0.717) is 16.9 Å². The number of amides is 1. The van der Waals surface area contributed by atoms with Crippen LogP contribution in [-0.2, 0) is 14.3 Å². The summed E-state index contributed by atoms with van der Waals surface area (Å²) >= 11 is 0. The number of hydrogen-bond donors (Lipinski definition) is 4. The van der Waals surface area contributed by atoms with Crippen molar-refractivity contribution >= 4 is 36.6 Å². The van der Waals surface area contributed by atoms with Crippen molar-refractivity contribution in [2.75, 3.05) is 6.61 Å². The predicted octanol–water partition coefficient (Wildman–Crippen LogP) is 1.96. The van der Waals surface area contributed by atoms with Crippen molar-refractivity contribution in [1.29, 1.82) is 0 Å². The molecular weight excluding hydrogens is 543 g/mol. The molecule has 11 nitrogen and oxygen atoms in total. The van der Waals surface area contributed by atoms with Gasteiger partial charge < -0.3 is 29.8 Å². The Balaban J connectivity index is 1.42. The number of fused-ring (bicyclic) bond motifs is 1. The number of hydrogen-bond acceptors (Lipinski definition) is 9. The molecule has 1 aliphatic heterocycles. The third kappa shape index (κ3) is 4.46. The van der Waals surface area contributed by atoms with Crippen LogP contribution in [0.3, 0.4) is 0 Å². The molecule has 1 aromatic rings. The number of aliphatic hydroxyl groups is 2. The minimum absolute atomic E-state index is 0.0129. The molecule has 3 fully saturated rings. The summed E-state index contributed by atoms with van der Waals surface area (Å²) < 4.78 is 11.9. The van der Waals surface area contributed by atoms with Crippen molar-refractivity contribution in [3.05, 3.63) is 36.4 Å². The third-order valence-corrected chi connectivity index (χ3v) is 11.0. The van der Waals surface area contributed by atoms with Crippen LogP contribution in [0.4, 0.5) is 4.79 Å². The lowest BCUT2D eigenvalue weighted by Crippen LogP contribution is -2.63. The number of carboxylic acid groups (broad SMARTS) is 1. The first-order chi connectivity index (χ1) is 19.7. The van der Waals surface area contributed by atoms with Gasteiger partial charge in [-0.25, -0.2) is 14.5 Å². The molecule has 226 valence electrons. The molecule has 0 saturated heterocycles. The Morgan fingerprint density at radius 3 is 2.62 bits per heavy atom. The van der Waals surface area contributed by atoms with E-state index < -0.39 is 66.2 Å². The summed E-state index contributed by atoms with van der Waals surface area (Å²) in [6, 6.07) is 4.60. The summed E-state index contributed by atoms with van der Waals surface area (Å²) in [5, 5.41) is 45.9. The molecule has 9 atom stereocenters. The SMILES string of the molecule is C=C[C@]1(C)C[C@@H](OC(=O)COc2ccc3c(c2)B(O)N(C(=O)O)N=C3)[C@]2(C)[C@H](C)CC[C@]3(C[C@H](O)C(=O)[C@H]32)[C@@H](C)[C@@H]1O.